The summed E-state index contributed by atoms with van der Waals surface area (Å²) in [6.07, 6.45) is 0.0942. The van der Waals surface area contributed by atoms with Crippen LogP contribution in [0.15, 0.2) is 18.2 Å². The Morgan fingerprint density at radius 2 is 1.79 bits per heavy atom. The normalized spacial score (nSPS) is 34.7. The van der Waals surface area contributed by atoms with Gasteiger partial charge in [0.05, 0.1) is 18.3 Å². The molecule has 6 heteroatoms. The average Bonchev–Trinajstić information content (AvgIpc) is 2.96. The van der Waals surface area contributed by atoms with Gasteiger partial charge in [0, 0.05) is 0 Å². The molecule has 0 bridgehead atoms. The highest BCUT2D eigenvalue weighted by atomic mass is 16.6. The van der Waals surface area contributed by atoms with Crippen molar-refractivity contribution in [2.24, 2.45) is 11.3 Å². The Bertz CT molecular complexity index is 810. The molecule has 2 heterocycles. The number of rotatable bonds is 1. The first-order valence-corrected chi connectivity index (χ1v) is 7.95. The van der Waals surface area contributed by atoms with Crippen molar-refractivity contribution in [1.82, 2.24) is 0 Å². The molecule has 2 fully saturated rings. The summed E-state index contributed by atoms with van der Waals surface area (Å²) in [7, 11) is 0. The third-order valence-electron chi connectivity index (χ3n) is 5.54. The number of aryl methyl sites for hydroxylation is 1. The van der Waals surface area contributed by atoms with Crippen LogP contribution in [0.3, 0.4) is 0 Å². The van der Waals surface area contributed by atoms with Crippen LogP contribution >= 0.6 is 0 Å². The van der Waals surface area contributed by atoms with Crippen LogP contribution in [0.2, 0.25) is 0 Å². The molecule has 0 N–H and O–H groups in total. The lowest BCUT2D eigenvalue weighted by Gasteiger charge is -2.40. The first kappa shape index (κ1) is 15.1. The van der Waals surface area contributed by atoms with Crippen molar-refractivity contribution >= 4 is 23.9 Å². The molecule has 2 saturated heterocycles. The largest absolute Gasteiger partial charge is 0.393 e. The van der Waals surface area contributed by atoms with E-state index in [2.05, 4.69) is 4.74 Å². The highest BCUT2D eigenvalue weighted by Gasteiger charge is 2.68. The van der Waals surface area contributed by atoms with E-state index in [1.807, 2.05) is 32.0 Å². The first-order valence-electron chi connectivity index (χ1n) is 7.95. The van der Waals surface area contributed by atoms with Crippen molar-refractivity contribution in [3.05, 3.63) is 34.9 Å². The minimum Gasteiger partial charge on any atom is -0.393 e. The predicted molar refractivity (Wildman–Crippen MR) is 79.7 cm³/mol. The molecule has 1 aromatic rings. The maximum Gasteiger partial charge on any atom is 0.322 e. The summed E-state index contributed by atoms with van der Waals surface area (Å²) in [5.41, 5.74) is 1.30. The molecule has 2 aliphatic heterocycles. The highest BCUT2D eigenvalue weighted by Crippen LogP contribution is 2.60. The molecule has 124 valence electrons. The van der Waals surface area contributed by atoms with E-state index in [0.29, 0.717) is 0 Å². The fraction of sp³-hybridized carbons (Fsp3) is 0.444. The van der Waals surface area contributed by atoms with E-state index in [4.69, 9.17) is 4.74 Å². The standard InChI is InChI=1S/C18H16O6/c1-8-3-4-10-9(2)7-18(12-6-13(19)23-15(12)20)14(11(10)5-8)16(21)24-17(18)22/h3-5,9,12,14H,6-7H2,1-2H3. The van der Waals surface area contributed by atoms with E-state index < -0.39 is 41.1 Å². The molecule has 0 amide bonds. The monoisotopic (exact) mass is 328 g/mol. The smallest absolute Gasteiger partial charge is 0.322 e. The number of fused-ring (bicyclic) bond motifs is 3. The van der Waals surface area contributed by atoms with Gasteiger partial charge in [0.1, 0.15) is 5.41 Å². The second-order valence-corrected chi connectivity index (χ2v) is 6.97. The number of cyclic esters (lactones) is 4. The Balaban J connectivity index is 1.95. The summed E-state index contributed by atoms with van der Waals surface area (Å²) < 4.78 is 9.62. The van der Waals surface area contributed by atoms with E-state index in [-0.39, 0.29) is 18.8 Å². The molecule has 1 aromatic carbocycles. The second-order valence-electron chi connectivity index (χ2n) is 6.97. The third kappa shape index (κ3) is 1.76. The van der Waals surface area contributed by atoms with Crippen molar-refractivity contribution in [3.8, 4) is 0 Å². The van der Waals surface area contributed by atoms with Crippen LogP contribution in [0.25, 0.3) is 0 Å². The van der Waals surface area contributed by atoms with Crippen molar-refractivity contribution in [2.45, 2.75) is 38.5 Å². The van der Waals surface area contributed by atoms with E-state index in [9.17, 15) is 19.2 Å². The Kier molecular flexibility index (Phi) is 2.98. The molecule has 4 rings (SSSR count). The van der Waals surface area contributed by atoms with E-state index in [1.54, 1.807) is 0 Å². The van der Waals surface area contributed by atoms with Crippen LogP contribution in [0, 0.1) is 18.3 Å². The number of hydrogen-bond donors (Lipinski definition) is 0. The van der Waals surface area contributed by atoms with Crippen molar-refractivity contribution in [1.29, 1.82) is 0 Å². The molecule has 4 atom stereocenters. The molecule has 24 heavy (non-hydrogen) atoms. The fourth-order valence-corrected chi connectivity index (χ4v) is 4.54. The lowest BCUT2D eigenvalue weighted by Crippen LogP contribution is -2.46. The van der Waals surface area contributed by atoms with E-state index in [0.717, 1.165) is 16.7 Å². The minimum absolute atomic E-state index is 0.0428. The summed E-state index contributed by atoms with van der Waals surface area (Å²) in [6, 6.07) is 5.78. The predicted octanol–water partition coefficient (Wildman–Crippen LogP) is 1.75. The zero-order valence-electron chi connectivity index (χ0n) is 13.3. The lowest BCUT2D eigenvalue weighted by molar-refractivity contribution is -0.162. The van der Waals surface area contributed by atoms with Gasteiger partial charge in [-0.15, -0.1) is 0 Å². The van der Waals surface area contributed by atoms with Crippen LogP contribution in [0.1, 0.15) is 48.3 Å². The van der Waals surface area contributed by atoms with Gasteiger partial charge < -0.3 is 9.47 Å². The number of hydrogen-bond acceptors (Lipinski definition) is 6. The van der Waals surface area contributed by atoms with Crippen molar-refractivity contribution < 1.29 is 28.7 Å². The Morgan fingerprint density at radius 3 is 2.46 bits per heavy atom. The number of benzene rings is 1. The molecule has 6 nitrogen and oxygen atoms in total. The number of esters is 4. The number of carbonyl (C=O) groups excluding carboxylic acids is 4. The molecule has 3 aliphatic rings. The summed E-state index contributed by atoms with van der Waals surface area (Å²) in [6.45, 7) is 3.85. The molecule has 0 radical (unpaired) electrons. The Morgan fingerprint density at radius 1 is 1.04 bits per heavy atom. The molecule has 4 unspecified atom stereocenters. The van der Waals surface area contributed by atoms with Gasteiger partial charge >= 0.3 is 23.9 Å². The van der Waals surface area contributed by atoms with Gasteiger partial charge in [0.25, 0.3) is 0 Å². The summed E-state index contributed by atoms with van der Waals surface area (Å²) in [4.78, 5) is 48.9. The highest BCUT2D eigenvalue weighted by molar-refractivity contribution is 6.07. The van der Waals surface area contributed by atoms with Crippen LogP contribution < -0.4 is 0 Å². The number of carbonyl (C=O) groups is 4. The van der Waals surface area contributed by atoms with Crippen LogP contribution in [0.5, 0.6) is 0 Å². The van der Waals surface area contributed by atoms with Crippen LogP contribution in [-0.2, 0) is 28.7 Å². The zero-order valence-corrected chi connectivity index (χ0v) is 13.3. The molecule has 1 aliphatic carbocycles. The van der Waals surface area contributed by atoms with Gasteiger partial charge in [-0.1, -0.05) is 30.7 Å². The SMILES string of the molecule is Cc1ccc2c(c1)C1C(=O)OC(=O)C1(C1CC(=O)OC1=O)CC2C. The maximum absolute atomic E-state index is 12.7. The first-order chi connectivity index (χ1) is 11.3. The van der Waals surface area contributed by atoms with Crippen molar-refractivity contribution in [3.63, 3.8) is 0 Å². The molecule has 0 spiro atoms. The summed E-state index contributed by atoms with van der Waals surface area (Å²) in [5, 5.41) is 0. The van der Waals surface area contributed by atoms with Gasteiger partial charge in [-0.2, -0.15) is 0 Å². The van der Waals surface area contributed by atoms with E-state index >= 15 is 0 Å². The second kappa shape index (κ2) is 4.75. The topological polar surface area (TPSA) is 86.7 Å². The van der Waals surface area contributed by atoms with Crippen molar-refractivity contribution in [2.75, 3.05) is 0 Å². The van der Waals surface area contributed by atoms with Gasteiger partial charge in [0.2, 0.25) is 0 Å². The lowest BCUT2D eigenvalue weighted by atomic mass is 9.56. The van der Waals surface area contributed by atoms with Gasteiger partial charge in [-0.3, -0.25) is 19.2 Å². The van der Waals surface area contributed by atoms with Gasteiger partial charge in [-0.25, -0.2) is 0 Å². The Hall–Kier alpha value is -2.50. The molecule has 0 saturated carbocycles. The van der Waals surface area contributed by atoms with Crippen LogP contribution in [-0.4, -0.2) is 23.9 Å². The third-order valence-corrected chi connectivity index (χ3v) is 5.54. The van der Waals surface area contributed by atoms with Gasteiger partial charge in [0.15, 0.2) is 0 Å². The molecule has 0 aromatic heterocycles. The maximum atomic E-state index is 12.7. The Labute approximate surface area is 138 Å². The quantitative estimate of drug-likeness (QED) is 0.576. The average molecular weight is 328 g/mol. The van der Waals surface area contributed by atoms with Gasteiger partial charge in [-0.05, 0) is 30.4 Å². The fourth-order valence-electron chi connectivity index (χ4n) is 4.54. The minimum atomic E-state index is -1.35. The summed E-state index contributed by atoms with van der Waals surface area (Å²) >= 11 is 0. The zero-order chi connectivity index (χ0) is 17.2. The summed E-state index contributed by atoms with van der Waals surface area (Å²) in [5.74, 6) is -4.63. The van der Waals surface area contributed by atoms with E-state index in [1.165, 1.54) is 0 Å². The molecular weight excluding hydrogens is 312 g/mol. The van der Waals surface area contributed by atoms with Crippen LogP contribution in [0.4, 0.5) is 0 Å². The molecular formula is C18H16O6. The number of ether oxygens (including phenoxy) is 2.